The molecule has 2 nitrogen and oxygen atoms in total. The number of hydrogen-bond donors (Lipinski definition) is 1. The number of rotatable bonds is 7. The average Bonchev–Trinajstić information content (AvgIpc) is 2.80. The van der Waals surface area contributed by atoms with E-state index in [2.05, 4.69) is 60.7 Å². The standard InChI is InChI=1S/C14H25BrN2S/c1-5-10(4)17(7-3)14(11(16)6-2)12-8-9-13(15)18-12/h8-11,14H,5-7,16H2,1-4H3. The second-order valence-electron chi connectivity index (χ2n) is 4.75. The summed E-state index contributed by atoms with van der Waals surface area (Å²) in [5.41, 5.74) is 6.38. The predicted molar refractivity (Wildman–Crippen MR) is 85.2 cm³/mol. The minimum absolute atomic E-state index is 0.199. The molecular weight excluding hydrogens is 308 g/mol. The minimum atomic E-state index is 0.199. The van der Waals surface area contributed by atoms with E-state index in [-0.39, 0.29) is 6.04 Å². The molecule has 2 N–H and O–H groups in total. The van der Waals surface area contributed by atoms with Crippen LogP contribution in [0.4, 0.5) is 0 Å². The summed E-state index contributed by atoms with van der Waals surface area (Å²) in [6.07, 6.45) is 2.17. The molecule has 0 fully saturated rings. The summed E-state index contributed by atoms with van der Waals surface area (Å²) < 4.78 is 1.19. The van der Waals surface area contributed by atoms with Gasteiger partial charge in [0.15, 0.2) is 0 Å². The molecule has 0 saturated heterocycles. The highest BCUT2D eigenvalue weighted by atomic mass is 79.9. The fraction of sp³-hybridized carbons (Fsp3) is 0.714. The van der Waals surface area contributed by atoms with Gasteiger partial charge in [0, 0.05) is 17.0 Å². The lowest BCUT2D eigenvalue weighted by atomic mass is 10.0. The van der Waals surface area contributed by atoms with Crippen LogP contribution in [0.15, 0.2) is 15.9 Å². The van der Waals surface area contributed by atoms with E-state index < -0.39 is 0 Å². The van der Waals surface area contributed by atoms with Gasteiger partial charge in [-0.05, 0) is 54.4 Å². The van der Waals surface area contributed by atoms with Gasteiger partial charge in [0.05, 0.1) is 9.83 Å². The van der Waals surface area contributed by atoms with Gasteiger partial charge in [-0.2, -0.15) is 0 Å². The average molecular weight is 333 g/mol. The number of likely N-dealkylation sites (N-methyl/N-ethyl adjacent to an activating group) is 1. The number of thiophene rings is 1. The Balaban J connectivity index is 3.03. The van der Waals surface area contributed by atoms with E-state index >= 15 is 0 Å². The molecule has 0 aliphatic carbocycles. The first-order chi connectivity index (χ1) is 8.54. The monoisotopic (exact) mass is 332 g/mol. The van der Waals surface area contributed by atoms with E-state index in [1.54, 1.807) is 11.3 Å². The third-order valence-electron chi connectivity index (χ3n) is 3.64. The van der Waals surface area contributed by atoms with Crippen molar-refractivity contribution < 1.29 is 0 Å². The maximum absolute atomic E-state index is 6.38. The zero-order chi connectivity index (χ0) is 13.7. The summed E-state index contributed by atoms with van der Waals surface area (Å²) in [5, 5.41) is 0. The van der Waals surface area contributed by atoms with E-state index in [1.165, 1.54) is 8.66 Å². The number of hydrogen-bond acceptors (Lipinski definition) is 3. The van der Waals surface area contributed by atoms with Crippen molar-refractivity contribution in [2.45, 2.75) is 58.7 Å². The Morgan fingerprint density at radius 3 is 2.33 bits per heavy atom. The molecule has 0 amide bonds. The summed E-state index contributed by atoms with van der Waals surface area (Å²) in [4.78, 5) is 3.91. The van der Waals surface area contributed by atoms with E-state index in [0.29, 0.717) is 12.1 Å². The first-order valence-corrected chi connectivity index (χ1v) is 8.42. The second-order valence-corrected chi connectivity index (χ2v) is 7.24. The topological polar surface area (TPSA) is 29.3 Å². The molecule has 104 valence electrons. The molecule has 0 aromatic carbocycles. The highest BCUT2D eigenvalue weighted by Crippen LogP contribution is 2.34. The maximum atomic E-state index is 6.38. The SMILES string of the molecule is CCC(N)C(c1ccc(Br)s1)N(CC)C(C)CC. The molecule has 4 heteroatoms. The van der Waals surface area contributed by atoms with Crippen molar-refractivity contribution in [2.75, 3.05) is 6.54 Å². The lowest BCUT2D eigenvalue weighted by Crippen LogP contribution is -2.44. The lowest BCUT2D eigenvalue weighted by molar-refractivity contribution is 0.128. The summed E-state index contributed by atoms with van der Waals surface area (Å²) in [5.74, 6) is 0. The highest BCUT2D eigenvalue weighted by molar-refractivity contribution is 9.11. The largest absolute Gasteiger partial charge is 0.326 e. The van der Waals surface area contributed by atoms with E-state index in [0.717, 1.165) is 19.4 Å². The van der Waals surface area contributed by atoms with Crippen LogP contribution in [0.3, 0.4) is 0 Å². The molecule has 1 aromatic heterocycles. The quantitative estimate of drug-likeness (QED) is 0.801. The van der Waals surface area contributed by atoms with Crippen LogP contribution in [-0.4, -0.2) is 23.5 Å². The van der Waals surface area contributed by atoms with Crippen LogP contribution < -0.4 is 5.73 Å². The molecular formula is C14H25BrN2S. The van der Waals surface area contributed by atoms with Crippen LogP contribution in [-0.2, 0) is 0 Å². The van der Waals surface area contributed by atoms with Crippen LogP contribution >= 0.6 is 27.3 Å². The van der Waals surface area contributed by atoms with E-state index in [9.17, 15) is 0 Å². The summed E-state index contributed by atoms with van der Waals surface area (Å²) in [6, 6.07) is 5.44. The van der Waals surface area contributed by atoms with Gasteiger partial charge in [-0.15, -0.1) is 11.3 Å². The van der Waals surface area contributed by atoms with Crippen molar-refractivity contribution in [3.8, 4) is 0 Å². The van der Waals surface area contributed by atoms with Gasteiger partial charge in [0.2, 0.25) is 0 Å². The van der Waals surface area contributed by atoms with Gasteiger partial charge in [-0.3, -0.25) is 4.90 Å². The van der Waals surface area contributed by atoms with Crippen molar-refractivity contribution >= 4 is 27.3 Å². The van der Waals surface area contributed by atoms with Gasteiger partial charge in [0.1, 0.15) is 0 Å². The molecule has 0 saturated carbocycles. The summed E-state index contributed by atoms with van der Waals surface area (Å²) in [7, 11) is 0. The predicted octanol–water partition coefficient (Wildman–Crippen LogP) is 4.41. The Morgan fingerprint density at radius 1 is 1.28 bits per heavy atom. The van der Waals surface area contributed by atoms with E-state index in [4.69, 9.17) is 5.73 Å². The third kappa shape index (κ3) is 3.80. The summed E-state index contributed by atoms with van der Waals surface area (Å²) in [6.45, 7) is 9.98. The number of nitrogens with zero attached hydrogens (tertiary/aromatic N) is 1. The Hall–Kier alpha value is 0.1000. The molecule has 0 spiro atoms. The Kier molecular flexibility index (Phi) is 6.85. The Morgan fingerprint density at radius 2 is 1.94 bits per heavy atom. The molecule has 0 bridgehead atoms. The van der Waals surface area contributed by atoms with Crippen LogP contribution in [0, 0.1) is 0 Å². The van der Waals surface area contributed by atoms with Crippen LogP contribution in [0.5, 0.6) is 0 Å². The van der Waals surface area contributed by atoms with E-state index in [1.807, 2.05) is 0 Å². The molecule has 0 aliphatic heterocycles. The molecule has 0 aliphatic rings. The zero-order valence-corrected chi connectivity index (χ0v) is 14.2. The molecule has 0 radical (unpaired) electrons. The molecule has 1 heterocycles. The Labute approximate surface area is 124 Å². The van der Waals surface area contributed by atoms with Gasteiger partial charge < -0.3 is 5.73 Å². The van der Waals surface area contributed by atoms with Crippen LogP contribution in [0.2, 0.25) is 0 Å². The fourth-order valence-electron chi connectivity index (χ4n) is 2.35. The normalized spacial score (nSPS) is 16.8. The molecule has 3 unspecified atom stereocenters. The minimum Gasteiger partial charge on any atom is -0.326 e. The molecule has 3 atom stereocenters. The van der Waals surface area contributed by atoms with Crippen LogP contribution in [0.1, 0.15) is 51.5 Å². The fourth-order valence-corrected chi connectivity index (χ4v) is 3.97. The maximum Gasteiger partial charge on any atom is 0.0702 e. The molecule has 18 heavy (non-hydrogen) atoms. The Bertz CT molecular complexity index is 353. The number of halogens is 1. The van der Waals surface area contributed by atoms with Crippen molar-refractivity contribution in [3.63, 3.8) is 0 Å². The second kappa shape index (κ2) is 7.63. The van der Waals surface area contributed by atoms with Crippen molar-refractivity contribution in [1.82, 2.24) is 4.90 Å². The van der Waals surface area contributed by atoms with Gasteiger partial charge in [0.25, 0.3) is 0 Å². The summed E-state index contributed by atoms with van der Waals surface area (Å²) >= 11 is 5.36. The van der Waals surface area contributed by atoms with Crippen molar-refractivity contribution in [3.05, 3.63) is 20.8 Å². The smallest absolute Gasteiger partial charge is 0.0702 e. The van der Waals surface area contributed by atoms with Gasteiger partial charge in [-0.25, -0.2) is 0 Å². The van der Waals surface area contributed by atoms with Gasteiger partial charge in [-0.1, -0.05) is 20.8 Å². The van der Waals surface area contributed by atoms with Crippen molar-refractivity contribution in [1.29, 1.82) is 0 Å². The van der Waals surface area contributed by atoms with Gasteiger partial charge >= 0.3 is 0 Å². The lowest BCUT2D eigenvalue weighted by Gasteiger charge is -2.38. The molecule has 1 rings (SSSR count). The highest BCUT2D eigenvalue weighted by Gasteiger charge is 2.28. The van der Waals surface area contributed by atoms with Crippen molar-refractivity contribution in [2.24, 2.45) is 5.73 Å². The molecule has 1 aromatic rings. The first kappa shape index (κ1) is 16.2. The third-order valence-corrected chi connectivity index (χ3v) is 5.34. The zero-order valence-electron chi connectivity index (χ0n) is 11.8. The van der Waals surface area contributed by atoms with Crippen LogP contribution in [0.25, 0.3) is 0 Å². The first-order valence-electron chi connectivity index (χ1n) is 6.81. The number of nitrogens with two attached hydrogens (primary N) is 1.